The van der Waals surface area contributed by atoms with E-state index in [0.717, 1.165) is 11.3 Å². The second kappa shape index (κ2) is 6.85. The highest BCUT2D eigenvalue weighted by Crippen LogP contribution is 2.17. The van der Waals surface area contributed by atoms with E-state index in [0.29, 0.717) is 17.9 Å². The molecule has 0 radical (unpaired) electrons. The normalized spacial score (nSPS) is 10.1. The van der Waals surface area contributed by atoms with Crippen LogP contribution < -0.4 is 5.32 Å². The number of hydrogen-bond acceptors (Lipinski definition) is 3. The first kappa shape index (κ1) is 15.7. The van der Waals surface area contributed by atoms with Gasteiger partial charge in [-0.2, -0.15) is 0 Å². The van der Waals surface area contributed by atoms with Crippen LogP contribution in [-0.2, 0) is 11.3 Å². The van der Waals surface area contributed by atoms with Crippen molar-refractivity contribution in [1.29, 1.82) is 0 Å². The van der Waals surface area contributed by atoms with Crippen LogP contribution in [0.3, 0.4) is 0 Å². The minimum Gasteiger partial charge on any atom is -0.342 e. The first-order valence-electron chi connectivity index (χ1n) is 7.02. The average Bonchev–Trinajstić information content (AvgIpc) is 2.49. The van der Waals surface area contributed by atoms with Gasteiger partial charge in [0.05, 0.1) is 0 Å². The molecular formula is C17H19N3O2. The van der Waals surface area contributed by atoms with E-state index in [1.165, 1.54) is 6.92 Å². The van der Waals surface area contributed by atoms with Crippen molar-refractivity contribution in [3.05, 3.63) is 59.4 Å². The highest BCUT2D eigenvalue weighted by molar-refractivity contribution is 6.03. The molecule has 2 aromatic rings. The van der Waals surface area contributed by atoms with Crippen LogP contribution in [0.4, 0.5) is 5.69 Å². The van der Waals surface area contributed by atoms with Gasteiger partial charge in [0.25, 0.3) is 5.91 Å². The van der Waals surface area contributed by atoms with Gasteiger partial charge >= 0.3 is 0 Å². The molecule has 1 aromatic carbocycles. The number of nitrogens with zero attached hydrogens (tertiary/aromatic N) is 2. The Morgan fingerprint density at radius 2 is 1.86 bits per heavy atom. The highest BCUT2D eigenvalue weighted by Gasteiger charge is 2.12. The van der Waals surface area contributed by atoms with E-state index in [4.69, 9.17) is 0 Å². The minimum atomic E-state index is -0.262. The van der Waals surface area contributed by atoms with Gasteiger partial charge < -0.3 is 10.2 Å². The number of carbonyl (C=O) groups excluding carboxylic acids is 2. The highest BCUT2D eigenvalue weighted by atomic mass is 16.2. The van der Waals surface area contributed by atoms with E-state index in [2.05, 4.69) is 10.3 Å². The van der Waals surface area contributed by atoms with E-state index in [1.807, 2.05) is 37.3 Å². The Bertz CT molecular complexity index is 698. The van der Waals surface area contributed by atoms with Gasteiger partial charge in [0.1, 0.15) is 5.69 Å². The lowest BCUT2D eigenvalue weighted by Gasteiger charge is -2.17. The van der Waals surface area contributed by atoms with Crippen molar-refractivity contribution in [2.75, 3.05) is 12.4 Å². The molecular weight excluding hydrogens is 278 g/mol. The van der Waals surface area contributed by atoms with Crippen LogP contribution >= 0.6 is 0 Å². The lowest BCUT2D eigenvalue weighted by molar-refractivity contribution is -0.128. The molecule has 0 atom stereocenters. The number of aromatic nitrogens is 1. The number of anilines is 1. The van der Waals surface area contributed by atoms with Gasteiger partial charge in [-0.05, 0) is 30.7 Å². The number of nitrogens with one attached hydrogen (secondary N) is 1. The van der Waals surface area contributed by atoms with Gasteiger partial charge in [0.2, 0.25) is 5.91 Å². The Morgan fingerprint density at radius 1 is 1.14 bits per heavy atom. The maximum absolute atomic E-state index is 12.3. The monoisotopic (exact) mass is 297 g/mol. The quantitative estimate of drug-likeness (QED) is 0.943. The van der Waals surface area contributed by atoms with Gasteiger partial charge in [-0.1, -0.05) is 24.3 Å². The molecule has 22 heavy (non-hydrogen) atoms. The number of benzene rings is 1. The molecule has 0 unspecified atom stereocenters. The van der Waals surface area contributed by atoms with Crippen molar-refractivity contribution in [2.24, 2.45) is 0 Å². The number of rotatable bonds is 4. The SMILES string of the molecule is CC(=O)N(C)Cc1ccccc1NC(=O)c1cccc(C)n1. The Hall–Kier alpha value is -2.69. The average molecular weight is 297 g/mol. The fourth-order valence-electron chi connectivity index (χ4n) is 2.00. The summed E-state index contributed by atoms with van der Waals surface area (Å²) in [5.74, 6) is -0.289. The van der Waals surface area contributed by atoms with Crippen molar-refractivity contribution in [1.82, 2.24) is 9.88 Å². The summed E-state index contributed by atoms with van der Waals surface area (Å²) in [4.78, 5) is 29.5. The van der Waals surface area contributed by atoms with E-state index in [-0.39, 0.29) is 11.8 Å². The molecule has 0 fully saturated rings. The number of carbonyl (C=O) groups is 2. The summed E-state index contributed by atoms with van der Waals surface area (Å²) in [6.07, 6.45) is 0. The van der Waals surface area contributed by atoms with E-state index in [9.17, 15) is 9.59 Å². The number of pyridine rings is 1. The summed E-state index contributed by atoms with van der Waals surface area (Å²) >= 11 is 0. The summed E-state index contributed by atoms with van der Waals surface area (Å²) in [6.45, 7) is 3.79. The smallest absolute Gasteiger partial charge is 0.274 e. The largest absolute Gasteiger partial charge is 0.342 e. The molecule has 0 aliphatic carbocycles. The summed E-state index contributed by atoms with van der Waals surface area (Å²) in [7, 11) is 1.73. The molecule has 0 spiro atoms. The first-order chi connectivity index (χ1) is 10.5. The van der Waals surface area contributed by atoms with Gasteiger partial charge in [0.15, 0.2) is 0 Å². The van der Waals surface area contributed by atoms with E-state index in [1.54, 1.807) is 24.1 Å². The zero-order valence-electron chi connectivity index (χ0n) is 13.0. The summed E-state index contributed by atoms with van der Waals surface area (Å²) in [5.41, 5.74) is 2.72. The summed E-state index contributed by atoms with van der Waals surface area (Å²) in [5, 5.41) is 2.86. The molecule has 0 saturated carbocycles. The van der Waals surface area contributed by atoms with Crippen molar-refractivity contribution in [2.45, 2.75) is 20.4 Å². The number of amides is 2. The Kier molecular flexibility index (Phi) is 4.88. The fraction of sp³-hybridized carbons (Fsp3) is 0.235. The van der Waals surface area contributed by atoms with Crippen LogP contribution in [0.5, 0.6) is 0 Å². The Balaban J connectivity index is 2.19. The molecule has 0 aliphatic rings. The van der Waals surface area contributed by atoms with Crippen LogP contribution in [0.25, 0.3) is 0 Å². The Morgan fingerprint density at radius 3 is 2.55 bits per heavy atom. The third-order valence-electron chi connectivity index (χ3n) is 3.33. The molecule has 114 valence electrons. The Labute approximate surface area is 130 Å². The van der Waals surface area contributed by atoms with Gasteiger partial charge in [-0.25, -0.2) is 4.98 Å². The molecule has 1 heterocycles. The molecule has 5 heteroatoms. The first-order valence-corrected chi connectivity index (χ1v) is 7.02. The van der Waals surface area contributed by atoms with Crippen LogP contribution in [0.2, 0.25) is 0 Å². The third-order valence-corrected chi connectivity index (χ3v) is 3.33. The van der Waals surface area contributed by atoms with Gasteiger partial charge in [-0.3, -0.25) is 9.59 Å². The molecule has 0 bridgehead atoms. The lowest BCUT2D eigenvalue weighted by Crippen LogP contribution is -2.24. The minimum absolute atomic E-state index is 0.0264. The molecule has 1 aromatic heterocycles. The van der Waals surface area contributed by atoms with Crippen molar-refractivity contribution in [3.8, 4) is 0 Å². The van der Waals surface area contributed by atoms with Crippen LogP contribution in [0.1, 0.15) is 28.7 Å². The predicted octanol–water partition coefficient (Wildman–Crippen LogP) is 2.62. The second-order valence-corrected chi connectivity index (χ2v) is 5.15. The topological polar surface area (TPSA) is 62.3 Å². The van der Waals surface area contributed by atoms with Crippen LogP contribution in [0, 0.1) is 6.92 Å². The van der Waals surface area contributed by atoms with E-state index < -0.39 is 0 Å². The van der Waals surface area contributed by atoms with Crippen LogP contribution in [0.15, 0.2) is 42.5 Å². The van der Waals surface area contributed by atoms with Crippen molar-refractivity contribution in [3.63, 3.8) is 0 Å². The number of aryl methyl sites for hydroxylation is 1. The predicted molar refractivity (Wildman–Crippen MR) is 85.5 cm³/mol. The van der Waals surface area contributed by atoms with Crippen molar-refractivity contribution < 1.29 is 9.59 Å². The zero-order chi connectivity index (χ0) is 16.1. The summed E-state index contributed by atoms with van der Waals surface area (Å²) < 4.78 is 0. The zero-order valence-corrected chi connectivity index (χ0v) is 13.0. The molecule has 2 rings (SSSR count). The van der Waals surface area contributed by atoms with Gasteiger partial charge in [0, 0.05) is 31.9 Å². The molecule has 5 nitrogen and oxygen atoms in total. The van der Waals surface area contributed by atoms with Crippen molar-refractivity contribution >= 4 is 17.5 Å². The molecule has 1 N–H and O–H groups in total. The van der Waals surface area contributed by atoms with E-state index >= 15 is 0 Å². The maximum Gasteiger partial charge on any atom is 0.274 e. The molecule has 0 saturated heterocycles. The maximum atomic E-state index is 12.3. The third kappa shape index (κ3) is 3.91. The van der Waals surface area contributed by atoms with Crippen LogP contribution in [-0.4, -0.2) is 28.7 Å². The summed E-state index contributed by atoms with van der Waals surface area (Å²) in [6, 6.07) is 12.7. The standard InChI is InChI=1S/C17H19N3O2/c1-12-7-6-10-16(18-12)17(22)19-15-9-5-4-8-14(15)11-20(3)13(2)21/h4-10H,11H2,1-3H3,(H,19,22). The number of para-hydroxylation sites is 1. The number of hydrogen-bond donors (Lipinski definition) is 1. The lowest BCUT2D eigenvalue weighted by atomic mass is 10.1. The fourth-order valence-corrected chi connectivity index (χ4v) is 2.00. The second-order valence-electron chi connectivity index (χ2n) is 5.15. The van der Waals surface area contributed by atoms with Gasteiger partial charge in [-0.15, -0.1) is 0 Å². The molecule has 0 aliphatic heterocycles. The molecule has 2 amide bonds.